The van der Waals surface area contributed by atoms with E-state index in [0.29, 0.717) is 35.9 Å². The third-order valence-corrected chi connectivity index (χ3v) is 3.21. The summed E-state index contributed by atoms with van der Waals surface area (Å²) in [6.45, 7) is 0.919. The van der Waals surface area contributed by atoms with Crippen LogP contribution in [0.3, 0.4) is 0 Å². The molecule has 2 heterocycles. The quantitative estimate of drug-likeness (QED) is 0.532. The summed E-state index contributed by atoms with van der Waals surface area (Å²) < 4.78 is 0. The van der Waals surface area contributed by atoms with Crippen LogP contribution < -0.4 is 16.4 Å². The van der Waals surface area contributed by atoms with Crippen LogP contribution in [-0.4, -0.2) is 38.2 Å². The van der Waals surface area contributed by atoms with Crippen molar-refractivity contribution in [2.24, 2.45) is 0 Å². The topological polar surface area (TPSA) is 122 Å². The average Bonchev–Trinajstić information content (AvgIpc) is 2.59. The Morgan fingerprint density at radius 1 is 1.00 bits per heavy atom. The summed E-state index contributed by atoms with van der Waals surface area (Å²) in [5.74, 6) is 1.21. The second-order valence-electron chi connectivity index (χ2n) is 4.84. The molecule has 0 aliphatic rings. The number of rotatable bonds is 6. The molecular weight excluding hydrogens is 294 g/mol. The van der Waals surface area contributed by atoms with Crippen molar-refractivity contribution in [1.82, 2.24) is 19.9 Å². The Labute approximate surface area is 132 Å². The van der Waals surface area contributed by atoms with Crippen molar-refractivity contribution in [3.05, 3.63) is 42.2 Å². The molecule has 2 aromatic heterocycles. The summed E-state index contributed by atoms with van der Waals surface area (Å²) in [7, 11) is 0. The van der Waals surface area contributed by atoms with Gasteiger partial charge < -0.3 is 21.5 Å². The summed E-state index contributed by atoms with van der Waals surface area (Å²) in [4.78, 5) is 16.9. The number of fused-ring (bicyclic) bond motifs is 1. The average molecular weight is 311 g/mol. The Morgan fingerprint density at radius 2 is 1.83 bits per heavy atom. The van der Waals surface area contributed by atoms with Gasteiger partial charge in [0.15, 0.2) is 11.6 Å². The molecule has 0 unspecified atom stereocenters. The Balaban J connectivity index is 1.94. The number of nitrogens with one attached hydrogen (secondary N) is 2. The molecule has 0 saturated heterocycles. The van der Waals surface area contributed by atoms with Gasteiger partial charge in [-0.05, 0) is 5.56 Å². The lowest BCUT2D eigenvalue weighted by Crippen LogP contribution is -2.12. The van der Waals surface area contributed by atoms with Gasteiger partial charge in [-0.3, -0.25) is 0 Å². The molecule has 118 valence electrons. The van der Waals surface area contributed by atoms with Crippen molar-refractivity contribution in [3.8, 4) is 0 Å². The molecule has 0 aliphatic heterocycles. The fourth-order valence-corrected chi connectivity index (χ4v) is 2.12. The van der Waals surface area contributed by atoms with E-state index in [1.54, 1.807) is 0 Å². The number of aromatic nitrogens is 4. The third-order valence-electron chi connectivity index (χ3n) is 3.21. The number of aliphatic hydroxyl groups excluding tert-OH is 1. The molecular formula is C15H17N7O. The normalized spacial score (nSPS) is 10.7. The fraction of sp³-hybridized carbons (Fsp3) is 0.200. The first-order valence-electron chi connectivity index (χ1n) is 7.18. The van der Waals surface area contributed by atoms with Gasteiger partial charge in [0.25, 0.3) is 0 Å². The Bertz CT molecular complexity index is 794. The van der Waals surface area contributed by atoms with Gasteiger partial charge in [-0.25, -0.2) is 15.0 Å². The summed E-state index contributed by atoms with van der Waals surface area (Å²) >= 11 is 0. The zero-order chi connectivity index (χ0) is 16.1. The molecule has 0 amide bonds. The molecule has 0 atom stereocenters. The van der Waals surface area contributed by atoms with Crippen LogP contribution in [0.25, 0.3) is 11.0 Å². The van der Waals surface area contributed by atoms with Gasteiger partial charge in [0.05, 0.1) is 6.61 Å². The monoisotopic (exact) mass is 311 g/mol. The molecule has 0 aliphatic carbocycles. The van der Waals surface area contributed by atoms with Crippen LogP contribution in [0.5, 0.6) is 0 Å². The highest BCUT2D eigenvalue weighted by Gasteiger charge is 2.11. The molecule has 0 saturated carbocycles. The predicted octanol–water partition coefficient (Wildman–Crippen LogP) is 1.02. The lowest BCUT2D eigenvalue weighted by atomic mass is 10.2. The van der Waals surface area contributed by atoms with Gasteiger partial charge >= 0.3 is 0 Å². The van der Waals surface area contributed by atoms with Crippen molar-refractivity contribution in [2.75, 3.05) is 29.5 Å². The minimum absolute atomic E-state index is 0.0189. The number of anilines is 3. The first kappa shape index (κ1) is 14.9. The van der Waals surface area contributed by atoms with E-state index in [1.807, 2.05) is 30.3 Å². The van der Waals surface area contributed by atoms with Gasteiger partial charge in [0, 0.05) is 13.1 Å². The second-order valence-corrected chi connectivity index (χ2v) is 4.84. The smallest absolute Gasteiger partial charge is 0.225 e. The van der Waals surface area contributed by atoms with Gasteiger partial charge in [-0.15, -0.1) is 0 Å². The van der Waals surface area contributed by atoms with Crippen molar-refractivity contribution in [2.45, 2.75) is 6.54 Å². The molecule has 0 fully saturated rings. The highest BCUT2D eigenvalue weighted by molar-refractivity contribution is 5.92. The van der Waals surface area contributed by atoms with Crippen LogP contribution in [-0.2, 0) is 6.54 Å². The molecule has 0 radical (unpaired) electrons. The lowest BCUT2D eigenvalue weighted by molar-refractivity contribution is 0.311. The number of nitrogen functional groups attached to an aromatic ring is 1. The summed E-state index contributed by atoms with van der Waals surface area (Å²) in [6.07, 6.45) is 1.38. The predicted molar refractivity (Wildman–Crippen MR) is 88.9 cm³/mol. The molecule has 8 heteroatoms. The van der Waals surface area contributed by atoms with Crippen molar-refractivity contribution in [1.29, 1.82) is 0 Å². The number of nitrogens with zero attached hydrogens (tertiary/aromatic N) is 4. The van der Waals surface area contributed by atoms with E-state index in [1.165, 1.54) is 6.33 Å². The minimum atomic E-state index is -0.0189. The maximum Gasteiger partial charge on any atom is 0.225 e. The van der Waals surface area contributed by atoms with E-state index in [4.69, 9.17) is 10.8 Å². The number of nitrogens with two attached hydrogens (primary N) is 1. The molecule has 1 aromatic carbocycles. The summed E-state index contributed by atoms with van der Waals surface area (Å²) in [5.41, 5.74) is 8.03. The number of benzene rings is 1. The van der Waals surface area contributed by atoms with Crippen molar-refractivity contribution >= 4 is 28.6 Å². The van der Waals surface area contributed by atoms with E-state index in [9.17, 15) is 0 Å². The SMILES string of the molecule is Nc1ncnc2c(NCc3ccccc3)nc(NCCO)nc12. The fourth-order valence-electron chi connectivity index (χ4n) is 2.12. The van der Waals surface area contributed by atoms with E-state index in [0.717, 1.165) is 5.56 Å². The molecule has 0 bridgehead atoms. The van der Waals surface area contributed by atoms with Crippen LogP contribution in [0.15, 0.2) is 36.7 Å². The van der Waals surface area contributed by atoms with Crippen LogP contribution in [0.4, 0.5) is 17.6 Å². The summed E-state index contributed by atoms with van der Waals surface area (Å²) in [5, 5.41) is 15.1. The molecule has 5 N–H and O–H groups in total. The highest BCUT2D eigenvalue weighted by atomic mass is 16.3. The lowest BCUT2D eigenvalue weighted by Gasteiger charge is -2.11. The van der Waals surface area contributed by atoms with E-state index < -0.39 is 0 Å². The first-order chi connectivity index (χ1) is 11.3. The zero-order valence-electron chi connectivity index (χ0n) is 12.4. The standard InChI is InChI=1S/C15H17N7O/c16-13-11-12(19-9-20-13)14(22-15(21-11)17-6-7-23)18-8-10-4-2-1-3-5-10/h1-5,9,23H,6-8H2,(H2,16,19,20)(H2,17,18,21,22). The zero-order valence-corrected chi connectivity index (χ0v) is 12.4. The molecule has 0 spiro atoms. The Kier molecular flexibility index (Phi) is 4.44. The van der Waals surface area contributed by atoms with E-state index in [2.05, 4.69) is 30.6 Å². The van der Waals surface area contributed by atoms with Crippen LogP contribution >= 0.6 is 0 Å². The largest absolute Gasteiger partial charge is 0.395 e. The van der Waals surface area contributed by atoms with Gasteiger partial charge in [0.1, 0.15) is 17.4 Å². The number of hydrogen-bond acceptors (Lipinski definition) is 8. The molecule has 3 rings (SSSR count). The first-order valence-corrected chi connectivity index (χ1v) is 7.18. The van der Waals surface area contributed by atoms with Gasteiger partial charge in [-0.1, -0.05) is 30.3 Å². The minimum Gasteiger partial charge on any atom is -0.395 e. The van der Waals surface area contributed by atoms with Gasteiger partial charge in [-0.2, -0.15) is 4.98 Å². The van der Waals surface area contributed by atoms with Gasteiger partial charge in [0.2, 0.25) is 5.95 Å². The maximum atomic E-state index is 8.93. The maximum absolute atomic E-state index is 8.93. The van der Waals surface area contributed by atoms with E-state index >= 15 is 0 Å². The molecule has 8 nitrogen and oxygen atoms in total. The highest BCUT2D eigenvalue weighted by Crippen LogP contribution is 2.23. The molecule has 3 aromatic rings. The van der Waals surface area contributed by atoms with Crippen molar-refractivity contribution < 1.29 is 5.11 Å². The van der Waals surface area contributed by atoms with E-state index in [-0.39, 0.29) is 12.4 Å². The van der Waals surface area contributed by atoms with Crippen LogP contribution in [0.2, 0.25) is 0 Å². The van der Waals surface area contributed by atoms with Crippen molar-refractivity contribution in [3.63, 3.8) is 0 Å². The molecule has 23 heavy (non-hydrogen) atoms. The Morgan fingerprint density at radius 3 is 2.61 bits per heavy atom. The summed E-state index contributed by atoms with van der Waals surface area (Å²) in [6, 6.07) is 9.96. The number of aliphatic hydroxyl groups is 1. The third kappa shape index (κ3) is 3.43. The second kappa shape index (κ2) is 6.84. The number of hydrogen-bond donors (Lipinski definition) is 4. The Hall–Kier alpha value is -3.00. The van der Waals surface area contributed by atoms with Crippen LogP contribution in [0, 0.1) is 0 Å². The van der Waals surface area contributed by atoms with Crippen LogP contribution in [0.1, 0.15) is 5.56 Å².